The molecule has 5 nitrogen and oxygen atoms in total. The van der Waals surface area contributed by atoms with E-state index in [1.807, 2.05) is 0 Å². The average molecular weight is 340 g/mol. The maximum Gasteiger partial charge on any atom is 0.317 e. The lowest BCUT2D eigenvalue weighted by atomic mass is 9.87. The summed E-state index contributed by atoms with van der Waals surface area (Å²) in [6.07, 6.45) is 10.3. The van der Waals surface area contributed by atoms with Crippen LogP contribution in [0.1, 0.15) is 58.3 Å². The van der Waals surface area contributed by atoms with E-state index in [1.165, 1.54) is 44.9 Å². The van der Waals surface area contributed by atoms with Crippen LogP contribution in [0.5, 0.6) is 0 Å². The number of hydrogen-bond donors (Lipinski definition) is 2. The highest BCUT2D eigenvalue weighted by atomic mass is 16.3. The van der Waals surface area contributed by atoms with Crippen molar-refractivity contribution in [2.24, 2.45) is 11.8 Å². The van der Waals surface area contributed by atoms with Crippen molar-refractivity contribution in [3.63, 3.8) is 0 Å². The van der Waals surface area contributed by atoms with Gasteiger partial charge in [-0.15, -0.1) is 0 Å². The van der Waals surface area contributed by atoms with E-state index in [4.69, 9.17) is 0 Å². The number of hydrogen-bond acceptors (Lipinski definition) is 3. The zero-order valence-corrected chi connectivity index (χ0v) is 15.5. The third-order valence-corrected chi connectivity index (χ3v) is 5.77. The topological polar surface area (TPSA) is 55.8 Å². The van der Waals surface area contributed by atoms with Crippen LogP contribution in [0, 0.1) is 11.8 Å². The third kappa shape index (κ3) is 6.98. The maximum atomic E-state index is 12.4. The summed E-state index contributed by atoms with van der Waals surface area (Å²) >= 11 is 0. The van der Waals surface area contributed by atoms with Crippen molar-refractivity contribution < 1.29 is 9.90 Å². The van der Waals surface area contributed by atoms with Crippen LogP contribution in [-0.4, -0.2) is 66.8 Å². The summed E-state index contributed by atoms with van der Waals surface area (Å²) in [6, 6.07) is -0.00904. The van der Waals surface area contributed by atoms with E-state index in [9.17, 15) is 9.90 Å². The molecule has 0 radical (unpaired) electrons. The SMILES string of the molecule is CC1CCN(CCNC(=O)N(CCO)CCC2CCCCC2)CC1. The molecule has 1 aliphatic carbocycles. The normalized spacial score (nSPS) is 20.9. The van der Waals surface area contributed by atoms with E-state index in [2.05, 4.69) is 17.1 Å². The summed E-state index contributed by atoms with van der Waals surface area (Å²) in [5, 5.41) is 12.3. The van der Waals surface area contributed by atoms with E-state index in [0.717, 1.165) is 44.4 Å². The van der Waals surface area contributed by atoms with Crippen LogP contribution in [0.25, 0.3) is 0 Å². The summed E-state index contributed by atoms with van der Waals surface area (Å²) in [4.78, 5) is 16.6. The first-order valence-corrected chi connectivity index (χ1v) is 10.0. The zero-order chi connectivity index (χ0) is 17.2. The minimum atomic E-state index is -0.00904. The van der Waals surface area contributed by atoms with E-state index >= 15 is 0 Å². The summed E-state index contributed by atoms with van der Waals surface area (Å²) in [5.41, 5.74) is 0. The lowest BCUT2D eigenvalue weighted by Crippen LogP contribution is -2.45. The molecule has 2 fully saturated rings. The molecule has 2 amide bonds. The molecule has 0 aromatic carbocycles. The first-order valence-electron chi connectivity index (χ1n) is 10.0. The predicted octanol–water partition coefficient (Wildman–Crippen LogP) is 2.69. The molecule has 0 aromatic heterocycles. The fraction of sp³-hybridized carbons (Fsp3) is 0.947. The highest BCUT2D eigenvalue weighted by Crippen LogP contribution is 2.26. The van der Waals surface area contributed by atoms with Gasteiger partial charge in [-0.05, 0) is 44.2 Å². The zero-order valence-electron chi connectivity index (χ0n) is 15.5. The van der Waals surface area contributed by atoms with Gasteiger partial charge in [0.15, 0.2) is 0 Å². The minimum Gasteiger partial charge on any atom is -0.395 e. The molecule has 1 saturated carbocycles. The van der Waals surface area contributed by atoms with Crippen molar-refractivity contribution in [2.45, 2.75) is 58.3 Å². The second-order valence-electron chi connectivity index (χ2n) is 7.76. The van der Waals surface area contributed by atoms with Crippen LogP contribution in [0.15, 0.2) is 0 Å². The van der Waals surface area contributed by atoms with E-state index in [1.54, 1.807) is 4.90 Å². The van der Waals surface area contributed by atoms with E-state index in [0.29, 0.717) is 13.1 Å². The van der Waals surface area contributed by atoms with Crippen molar-refractivity contribution in [3.8, 4) is 0 Å². The van der Waals surface area contributed by atoms with Gasteiger partial charge in [-0.3, -0.25) is 0 Å². The smallest absolute Gasteiger partial charge is 0.317 e. The quantitative estimate of drug-likeness (QED) is 0.715. The number of nitrogens with zero attached hydrogens (tertiary/aromatic N) is 2. The number of aliphatic hydroxyl groups excluding tert-OH is 1. The van der Waals surface area contributed by atoms with Crippen LogP contribution in [0.2, 0.25) is 0 Å². The molecule has 0 aromatic rings. The molecule has 0 spiro atoms. The lowest BCUT2D eigenvalue weighted by molar-refractivity contribution is 0.164. The van der Waals surface area contributed by atoms with Crippen LogP contribution >= 0.6 is 0 Å². The molecule has 1 saturated heterocycles. The molecule has 0 bridgehead atoms. The molecule has 5 heteroatoms. The number of piperidine rings is 1. The fourth-order valence-electron chi connectivity index (χ4n) is 3.97. The molecule has 2 aliphatic rings. The number of amides is 2. The first-order chi connectivity index (χ1) is 11.7. The Bertz CT molecular complexity index is 351. The van der Waals surface area contributed by atoms with Gasteiger partial charge in [-0.2, -0.15) is 0 Å². The molecule has 1 heterocycles. The summed E-state index contributed by atoms with van der Waals surface area (Å²) in [7, 11) is 0. The van der Waals surface area contributed by atoms with Crippen LogP contribution in [0.4, 0.5) is 4.79 Å². The average Bonchev–Trinajstić information content (AvgIpc) is 2.61. The predicted molar refractivity (Wildman–Crippen MR) is 98.1 cm³/mol. The Hall–Kier alpha value is -0.810. The molecule has 0 unspecified atom stereocenters. The summed E-state index contributed by atoms with van der Waals surface area (Å²) < 4.78 is 0. The van der Waals surface area contributed by atoms with Crippen molar-refractivity contribution in [2.75, 3.05) is 45.9 Å². The Morgan fingerprint density at radius 2 is 1.83 bits per heavy atom. The van der Waals surface area contributed by atoms with Gasteiger partial charge in [0.05, 0.1) is 6.61 Å². The highest BCUT2D eigenvalue weighted by Gasteiger charge is 2.19. The number of carbonyl (C=O) groups is 1. The Morgan fingerprint density at radius 1 is 1.12 bits per heavy atom. The van der Waals surface area contributed by atoms with Crippen LogP contribution in [0.3, 0.4) is 0 Å². The first kappa shape index (κ1) is 19.5. The molecular formula is C19H37N3O2. The lowest BCUT2D eigenvalue weighted by Gasteiger charge is -2.31. The third-order valence-electron chi connectivity index (χ3n) is 5.77. The molecule has 0 atom stereocenters. The van der Waals surface area contributed by atoms with E-state index in [-0.39, 0.29) is 12.6 Å². The van der Waals surface area contributed by atoms with Gasteiger partial charge < -0.3 is 20.2 Å². The van der Waals surface area contributed by atoms with Crippen molar-refractivity contribution >= 4 is 6.03 Å². The number of nitrogens with one attached hydrogen (secondary N) is 1. The Morgan fingerprint density at radius 3 is 2.50 bits per heavy atom. The maximum absolute atomic E-state index is 12.4. The Balaban J connectivity index is 1.64. The minimum absolute atomic E-state index is 0.00904. The molecular weight excluding hydrogens is 302 g/mol. The Labute approximate surface area is 147 Å². The van der Waals surface area contributed by atoms with Gasteiger partial charge in [0.1, 0.15) is 0 Å². The number of aliphatic hydroxyl groups is 1. The number of likely N-dealkylation sites (tertiary alicyclic amines) is 1. The van der Waals surface area contributed by atoms with Gasteiger partial charge >= 0.3 is 6.03 Å². The van der Waals surface area contributed by atoms with Gasteiger partial charge in [-0.1, -0.05) is 39.0 Å². The number of urea groups is 1. The summed E-state index contributed by atoms with van der Waals surface area (Å²) in [5.74, 6) is 1.61. The summed E-state index contributed by atoms with van der Waals surface area (Å²) in [6.45, 7) is 7.53. The van der Waals surface area contributed by atoms with Crippen molar-refractivity contribution in [3.05, 3.63) is 0 Å². The number of carbonyl (C=O) groups excluding carboxylic acids is 1. The number of rotatable bonds is 8. The fourth-order valence-corrected chi connectivity index (χ4v) is 3.97. The van der Waals surface area contributed by atoms with Crippen LogP contribution in [-0.2, 0) is 0 Å². The van der Waals surface area contributed by atoms with Crippen LogP contribution < -0.4 is 5.32 Å². The molecule has 24 heavy (non-hydrogen) atoms. The molecule has 2 N–H and O–H groups in total. The van der Waals surface area contributed by atoms with Gasteiger partial charge in [-0.25, -0.2) is 4.79 Å². The molecule has 140 valence electrons. The van der Waals surface area contributed by atoms with Crippen molar-refractivity contribution in [1.29, 1.82) is 0 Å². The second-order valence-corrected chi connectivity index (χ2v) is 7.76. The standard InChI is InChI=1S/C19H37N3O2/c1-17-7-11-21(12-8-17)14-10-20-19(24)22(15-16-23)13-9-18-5-3-2-4-6-18/h17-18,23H,2-16H2,1H3,(H,20,24). The molecule has 1 aliphatic heterocycles. The Kier molecular flexibility index (Phi) is 8.89. The van der Waals surface area contributed by atoms with Crippen molar-refractivity contribution in [1.82, 2.24) is 15.1 Å². The van der Waals surface area contributed by atoms with E-state index < -0.39 is 0 Å². The van der Waals surface area contributed by atoms with Gasteiger partial charge in [0.25, 0.3) is 0 Å². The second kappa shape index (κ2) is 10.9. The monoisotopic (exact) mass is 339 g/mol. The molecule has 2 rings (SSSR count). The highest BCUT2D eigenvalue weighted by molar-refractivity contribution is 5.74. The van der Waals surface area contributed by atoms with Gasteiger partial charge in [0.2, 0.25) is 0 Å². The largest absolute Gasteiger partial charge is 0.395 e. The van der Waals surface area contributed by atoms with Gasteiger partial charge in [0, 0.05) is 26.2 Å².